The first-order chi connectivity index (χ1) is 30.3. The second kappa shape index (κ2) is 13.0. The van der Waals surface area contributed by atoms with Crippen LogP contribution in [0.4, 0.5) is 0 Å². The van der Waals surface area contributed by atoms with Gasteiger partial charge in [0.2, 0.25) is 0 Å². The van der Waals surface area contributed by atoms with Crippen LogP contribution >= 0.6 is 0 Å². The third-order valence-corrected chi connectivity index (χ3v) is 10.0. The zero-order valence-corrected chi connectivity index (χ0v) is 29.6. The summed E-state index contributed by atoms with van der Waals surface area (Å²) in [5.74, 6) is 0.589. The van der Waals surface area contributed by atoms with Gasteiger partial charge in [0.15, 0.2) is 17.5 Å². The lowest BCUT2D eigenvalue weighted by molar-refractivity contribution is 0.668. The van der Waals surface area contributed by atoms with Crippen LogP contribution in [0.2, 0.25) is 0 Å². The first kappa shape index (κ1) is 26.2. The van der Waals surface area contributed by atoms with Gasteiger partial charge in [-0.2, -0.15) is 0 Å². The lowest BCUT2D eigenvalue weighted by atomic mass is 9.94. The molecule has 0 aliphatic carbocycles. The molecule has 262 valence electrons. The van der Waals surface area contributed by atoms with Gasteiger partial charge < -0.3 is 8.83 Å². The van der Waals surface area contributed by atoms with Gasteiger partial charge in [-0.3, -0.25) is 0 Å². The maximum Gasteiger partial charge on any atom is 0.164 e. The van der Waals surface area contributed by atoms with Crippen molar-refractivity contribution in [1.82, 2.24) is 15.0 Å². The van der Waals surface area contributed by atoms with Crippen LogP contribution in [-0.2, 0) is 0 Å². The first-order valence-electron chi connectivity index (χ1n) is 21.2. The number of furan rings is 2. The summed E-state index contributed by atoms with van der Waals surface area (Å²) in [5, 5.41) is 1.76. The zero-order chi connectivity index (χ0) is 42.2. The highest BCUT2D eigenvalue weighted by molar-refractivity contribution is 6.11. The Morgan fingerprint density at radius 1 is 0.339 bits per heavy atom. The summed E-state index contributed by atoms with van der Waals surface area (Å²) in [5.41, 5.74) is 6.57. The van der Waals surface area contributed by atoms with Crippen LogP contribution in [-0.4, -0.2) is 15.0 Å². The zero-order valence-electron chi connectivity index (χ0n) is 35.6. The predicted molar refractivity (Wildman–Crippen MR) is 227 cm³/mol. The lowest BCUT2D eigenvalue weighted by Gasteiger charge is -2.14. The van der Waals surface area contributed by atoms with Crippen molar-refractivity contribution in [2.75, 3.05) is 0 Å². The first-order valence-corrected chi connectivity index (χ1v) is 18.2. The Morgan fingerprint density at radius 2 is 1.00 bits per heavy atom. The molecule has 0 bridgehead atoms. The fourth-order valence-electron chi connectivity index (χ4n) is 7.31. The van der Waals surface area contributed by atoms with E-state index in [2.05, 4.69) is 18.2 Å². The van der Waals surface area contributed by atoms with Gasteiger partial charge in [-0.25, -0.2) is 15.0 Å². The molecule has 3 aromatic heterocycles. The minimum atomic E-state index is -0.356. The maximum atomic E-state index is 9.60. The van der Waals surface area contributed by atoms with E-state index < -0.39 is 0 Å². The summed E-state index contributed by atoms with van der Waals surface area (Å²) in [6.45, 7) is 0. The Bertz CT molecular complexity index is 3590. The number of fused-ring (bicyclic) bond motifs is 6. The molecule has 0 N–H and O–H groups in total. The molecule has 0 spiro atoms. The van der Waals surface area contributed by atoms with Gasteiger partial charge in [-0.15, -0.1) is 0 Å². The molecule has 0 atom stereocenters. The second-order valence-electron chi connectivity index (χ2n) is 13.5. The molecule has 0 radical (unpaired) electrons. The molecule has 8 aromatic carbocycles. The Morgan fingerprint density at radius 3 is 1.80 bits per heavy atom. The van der Waals surface area contributed by atoms with E-state index >= 15 is 0 Å². The van der Waals surface area contributed by atoms with Crippen LogP contribution in [0.1, 0.15) is 8.22 Å². The van der Waals surface area contributed by atoms with Crippen LogP contribution in [0, 0.1) is 0 Å². The molecule has 5 heteroatoms. The summed E-state index contributed by atoms with van der Waals surface area (Å²) in [4.78, 5) is 14.8. The van der Waals surface area contributed by atoms with Crippen LogP contribution in [0.5, 0.6) is 0 Å². The SMILES string of the molecule is [2H]c1c(-c2cccc3c2oc2ccccc23)c([2H])c2c(oc3c([2H])c(-c4nc(-c5ccccc5)nc(-c5ccc(-c6ccccc6)cc5-c5ccccc5)n4)c([2H])c([2H])c32)c1[2H]. The van der Waals surface area contributed by atoms with Gasteiger partial charge >= 0.3 is 0 Å². The molecule has 0 saturated carbocycles. The Balaban J connectivity index is 1.15. The van der Waals surface area contributed by atoms with Gasteiger partial charge in [-0.1, -0.05) is 146 Å². The fourth-order valence-corrected chi connectivity index (χ4v) is 7.31. The van der Waals surface area contributed by atoms with Crippen molar-refractivity contribution >= 4 is 43.9 Å². The Labute approximate surface area is 330 Å². The summed E-state index contributed by atoms with van der Waals surface area (Å²) in [6, 6.07) is 46.8. The molecular weight excluding hydrogens is 687 g/mol. The smallest absolute Gasteiger partial charge is 0.164 e. The summed E-state index contributed by atoms with van der Waals surface area (Å²) < 4.78 is 68.9. The monoisotopic (exact) mass is 723 g/mol. The van der Waals surface area contributed by atoms with Crippen molar-refractivity contribution in [2.24, 2.45) is 0 Å². The van der Waals surface area contributed by atoms with E-state index in [1.54, 1.807) is 6.07 Å². The summed E-state index contributed by atoms with van der Waals surface area (Å²) in [6.07, 6.45) is 0. The molecular formula is C51H31N3O2. The highest BCUT2D eigenvalue weighted by Gasteiger charge is 2.19. The third kappa shape index (κ3) is 5.45. The fraction of sp³-hybridized carbons (Fsp3) is 0. The van der Waals surface area contributed by atoms with E-state index in [4.69, 9.17) is 26.5 Å². The average molecular weight is 724 g/mol. The summed E-state index contributed by atoms with van der Waals surface area (Å²) >= 11 is 0. The van der Waals surface area contributed by atoms with Crippen molar-refractivity contribution in [3.05, 3.63) is 188 Å². The highest BCUT2D eigenvalue weighted by atomic mass is 16.3. The van der Waals surface area contributed by atoms with Gasteiger partial charge in [0.05, 0.1) is 8.22 Å². The molecule has 0 aliphatic rings. The number of hydrogen-bond donors (Lipinski definition) is 0. The highest BCUT2D eigenvalue weighted by Crippen LogP contribution is 2.40. The van der Waals surface area contributed by atoms with Crippen LogP contribution in [0.15, 0.2) is 197 Å². The number of nitrogens with zero attached hydrogens (tertiary/aromatic N) is 3. The van der Waals surface area contributed by atoms with Gasteiger partial charge in [-0.05, 0) is 70.2 Å². The van der Waals surface area contributed by atoms with Crippen LogP contribution in [0.25, 0.3) is 111 Å². The van der Waals surface area contributed by atoms with Crippen molar-refractivity contribution < 1.29 is 17.1 Å². The largest absolute Gasteiger partial charge is 0.456 e. The van der Waals surface area contributed by atoms with E-state index in [1.165, 1.54) is 0 Å². The minimum absolute atomic E-state index is 0.0125. The number of benzene rings is 8. The van der Waals surface area contributed by atoms with E-state index in [0.717, 1.165) is 33.0 Å². The molecule has 56 heavy (non-hydrogen) atoms. The lowest BCUT2D eigenvalue weighted by Crippen LogP contribution is -2.01. The van der Waals surface area contributed by atoms with Gasteiger partial charge in [0.25, 0.3) is 0 Å². The third-order valence-electron chi connectivity index (χ3n) is 10.0. The van der Waals surface area contributed by atoms with Crippen molar-refractivity contribution in [1.29, 1.82) is 0 Å². The van der Waals surface area contributed by atoms with E-state index in [1.807, 2.05) is 127 Å². The summed E-state index contributed by atoms with van der Waals surface area (Å²) in [7, 11) is 0. The van der Waals surface area contributed by atoms with E-state index in [9.17, 15) is 5.48 Å². The van der Waals surface area contributed by atoms with Crippen molar-refractivity contribution in [2.45, 2.75) is 0 Å². The molecule has 5 nitrogen and oxygen atoms in total. The second-order valence-corrected chi connectivity index (χ2v) is 13.5. The van der Waals surface area contributed by atoms with Crippen molar-refractivity contribution in [3.63, 3.8) is 0 Å². The molecule has 11 aromatic rings. The van der Waals surface area contributed by atoms with E-state index in [-0.39, 0.29) is 75.1 Å². The number of para-hydroxylation sites is 2. The quantitative estimate of drug-likeness (QED) is 0.171. The standard InChI is InChI=1S/C51H31N3O2/c1-4-13-32(14-5-1)35-23-27-42(43(29-35)33-15-6-2-7-16-33)51-53-49(34-17-8-3-9-18-34)52-50(54-51)37-24-26-40-44-30-36(25-28-46(44)55-47(40)31-37)38-20-12-21-41-39-19-10-11-22-45(39)56-48(38)41/h1-31H/i24D,25D,26D,28D,30D,31D. The molecule has 0 unspecified atom stereocenters. The average Bonchev–Trinajstić information content (AvgIpc) is 3.92. The van der Waals surface area contributed by atoms with Crippen LogP contribution in [0.3, 0.4) is 0 Å². The van der Waals surface area contributed by atoms with E-state index in [0.29, 0.717) is 39.5 Å². The number of aromatic nitrogens is 3. The molecule has 11 rings (SSSR count). The maximum absolute atomic E-state index is 9.60. The van der Waals surface area contributed by atoms with Crippen LogP contribution < -0.4 is 0 Å². The molecule has 0 fully saturated rings. The number of hydrogen-bond acceptors (Lipinski definition) is 5. The number of rotatable bonds is 6. The normalized spacial score (nSPS) is 13.1. The molecule has 0 amide bonds. The Kier molecular flexibility index (Phi) is 6.10. The molecule has 0 saturated heterocycles. The van der Waals surface area contributed by atoms with Gasteiger partial charge in [0, 0.05) is 43.8 Å². The Hall–Kier alpha value is -7.63. The molecule has 3 heterocycles. The van der Waals surface area contributed by atoms with Gasteiger partial charge in [0.1, 0.15) is 22.3 Å². The topological polar surface area (TPSA) is 65.0 Å². The minimum Gasteiger partial charge on any atom is -0.456 e. The molecule has 0 aliphatic heterocycles. The van der Waals surface area contributed by atoms with Crippen molar-refractivity contribution in [3.8, 4) is 67.5 Å². The predicted octanol–water partition coefficient (Wildman–Crippen LogP) is 13.7.